The molecule has 0 aliphatic carbocycles. The molecule has 24 heavy (non-hydrogen) atoms. The van der Waals surface area contributed by atoms with Crippen molar-refractivity contribution in [3.05, 3.63) is 65.2 Å². The number of nitrogens with two attached hydrogens (primary N) is 1. The minimum atomic E-state index is -1.41. The first kappa shape index (κ1) is 17.9. The number of nitrogens with one attached hydrogen (secondary N) is 1. The zero-order chi connectivity index (χ0) is 17.7. The number of carbonyl (C=O) groups excluding carboxylic acids is 2. The summed E-state index contributed by atoms with van der Waals surface area (Å²) in [5.74, 6) is -0.648. The highest BCUT2D eigenvalue weighted by molar-refractivity contribution is 7.85. The first-order valence-electron chi connectivity index (χ1n) is 7.51. The van der Waals surface area contributed by atoms with Gasteiger partial charge in [-0.15, -0.1) is 0 Å². The molecule has 2 aromatic rings. The first-order chi connectivity index (χ1) is 11.4. The molecular weight excluding hydrogens is 324 g/mol. The monoisotopic (exact) mass is 344 g/mol. The van der Waals surface area contributed by atoms with Gasteiger partial charge in [-0.1, -0.05) is 30.3 Å². The summed E-state index contributed by atoms with van der Waals surface area (Å²) < 4.78 is 12.4. The van der Waals surface area contributed by atoms with Gasteiger partial charge in [-0.05, 0) is 43.2 Å². The predicted octanol–water partition coefficient (Wildman–Crippen LogP) is 2.37. The SMILES string of the molecule is Cc1ccccc1NC(=O)[C@@H](C)[S@@](=O)Cc1cccc(C(N)=O)c1. The lowest BCUT2D eigenvalue weighted by Crippen LogP contribution is -2.30. The third-order valence-electron chi connectivity index (χ3n) is 3.69. The van der Waals surface area contributed by atoms with Crippen LogP contribution in [0.1, 0.15) is 28.4 Å². The van der Waals surface area contributed by atoms with Crippen molar-refractivity contribution in [2.45, 2.75) is 24.9 Å². The number of para-hydroxylation sites is 1. The molecule has 0 fully saturated rings. The van der Waals surface area contributed by atoms with Gasteiger partial charge in [0.1, 0.15) is 5.25 Å². The molecule has 2 aromatic carbocycles. The van der Waals surface area contributed by atoms with E-state index in [0.29, 0.717) is 16.8 Å². The number of hydrogen-bond donors (Lipinski definition) is 2. The van der Waals surface area contributed by atoms with Crippen LogP contribution in [0.3, 0.4) is 0 Å². The lowest BCUT2D eigenvalue weighted by atomic mass is 10.1. The van der Waals surface area contributed by atoms with E-state index in [1.807, 2.05) is 25.1 Å². The molecule has 2 amide bonds. The fourth-order valence-corrected chi connectivity index (χ4v) is 3.23. The van der Waals surface area contributed by atoms with E-state index < -0.39 is 22.0 Å². The van der Waals surface area contributed by atoms with Crippen LogP contribution >= 0.6 is 0 Å². The third-order valence-corrected chi connectivity index (χ3v) is 5.31. The highest BCUT2D eigenvalue weighted by Crippen LogP contribution is 2.15. The molecule has 0 aromatic heterocycles. The zero-order valence-electron chi connectivity index (χ0n) is 13.6. The van der Waals surface area contributed by atoms with Gasteiger partial charge < -0.3 is 11.1 Å². The number of amides is 2. The van der Waals surface area contributed by atoms with Gasteiger partial charge in [0, 0.05) is 27.8 Å². The summed E-state index contributed by atoms with van der Waals surface area (Å²) >= 11 is 0. The molecule has 3 N–H and O–H groups in total. The maximum atomic E-state index is 12.4. The van der Waals surface area contributed by atoms with Crippen LogP contribution in [0.4, 0.5) is 5.69 Å². The topological polar surface area (TPSA) is 89.3 Å². The van der Waals surface area contributed by atoms with Crippen molar-refractivity contribution in [1.82, 2.24) is 0 Å². The van der Waals surface area contributed by atoms with Gasteiger partial charge in [0.2, 0.25) is 11.8 Å². The Hall–Kier alpha value is -2.47. The summed E-state index contributed by atoms with van der Waals surface area (Å²) in [5, 5.41) is 2.12. The third kappa shape index (κ3) is 4.52. The molecule has 0 unspecified atom stereocenters. The van der Waals surface area contributed by atoms with Gasteiger partial charge in [0.25, 0.3) is 0 Å². The molecule has 126 valence electrons. The molecule has 2 rings (SSSR count). The highest BCUT2D eigenvalue weighted by Gasteiger charge is 2.21. The molecule has 0 radical (unpaired) electrons. The summed E-state index contributed by atoms with van der Waals surface area (Å²) in [6.45, 7) is 3.52. The second kappa shape index (κ2) is 7.88. The quantitative estimate of drug-likeness (QED) is 0.843. The minimum Gasteiger partial charge on any atom is -0.366 e. The van der Waals surface area contributed by atoms with Crippen LogP contribution in [-0.2, 0) is 21.3 Å². The molecule has 6 heteroatoms. The Morgan fingerprint density at radius 1 is 1.17 bits per heavy atom. The molecule has 0 saturated heterocycles. The van der Waals surface area contributed by atoms with Crippen molar-refractivity contribution in [3.8, 4) is 0 Å². The van der Waals surface area contributed by atoms with E-state index in [1.54, 1.807) is 37.3 Å². The van der Waals surface area contributed by atoms with E-state index in [2.05, 4.69) is 5.32 Å². The Kier molecular flexibility index (Phi) is 5.87. The van der Waals surface area contributed by atoms with Gasteiger partial charge in [-0.25, -0.2) is 0 Å². The smallest absolute Gasteiger partial charge is 0.248 e. The maximum Gasteiger partial charge on any atom is 0.248 e. The summed E-state index contributed by atoms with van der Waals surface area (Å²) in [4.78, 5) is 23.5. The van der Waals surface area contributed by atoms with Crippen LogP contribution in [0.25, 0.3) is 0 Å². The van der Waals surface area contributed by atoms with Crippen LogP contribution in [0.5, 0.6) is 0 Å². The van der Waals surface area contributed by atoms with E-state index in [0.717, 1.165) is 5.56 Å². The fraction of sp³-hybridized carbons (Fsp3) is 0.222. The Labute approximate surface area is 143 Å². The summed E-state index contributed by atoms with van der Waals surface area (Å²) in [5.41, 5.74) is 7.97. The predicted molar refractivity (Wildman–Crippen MR) is 96.1 cm³/mol. The highest BCUT2D eigenvalue weighted by atomic mass is 32.2. The van der Waals surface area contributed by atoms with Crippen LogP contribution < -0.4 is 11.1 Å². The number of benzene rings is 2. The van der Waals surface area contributed by atoms with Gasteiger partial charge in [0.15, 0.2) is 0 Å². The standard InChI is InChI=1S/C18H20N2O3S/c1-12-6-3-4-9-16(12)20-18(22)13(2)24(23)11-14-7-5-8-15(10-14)17(19)21/h3-10,13H,11H2,1-2H3,(H2,19,21)(H,20,22)/t13-,24+/m1/s1. The van der Waals surface area contributed by atoms with E-state index in [4.69, 9.17) is 5.73 Å². The molecule has 0 aliphatic rings. The Bertz CT molecular complexity index is 789. The van der Waals surface area contributed by atoms with Crippen molar-refractivity contribution in [2.75, 3.05) is 5.32 Å². The van der Waals surface area contributed by atoms with Gasteiger partial charge in [-0.3, -0.25) is 13.8 Å². The van der Waals surface area contributed by atoms with Crippen molar-refractivity contribution < 1.29 is 13.8 Å². The van der Waals surface area contributed by atoms with Crippen LogP contribution in [0, 0.1) is 6.92 Å². The van der Waals surface area contributed by atoms with Gasteiger partial charge in [-0.2, -0.15) is 0 Å². The second-order valence-electron chi connectivity index (χ2n) is 5.54. The van der Waals surface area contributed by atoms with Crippen LogP contribution in [-0.4, -0.2) is 21.3 Å². The molecule has 2 atom stereocenters. The van der Waals surface area contributed by atoms with Crippen molar-refractivity contribution >= 4 is 28.3 Å². The van der Waals surface area contributed by atoms with E-state index >= 15 is 0 Å². The molecule has 0 aliphatic heterocycles. The lowest BCUT2D eigenvalue weighted by molar-refractivity contribution is -0.115. The summed E-state index contributed by atoms with van der Waals surface area (Å²) in [7, 11) is -1.41. The average Bonchev–Trinajstić information content (AvgIpc) is 2.56. The summed E-state index contributed by atoms with van der Waals surface area (Å²) in [6, 6.07) is 14.1. The molecule has 0 heterocycles. The van der Waals surface area contributed by atoms with Crippen molar-refractivity contribution in [3.63, 3.8) is 0 Å². The lowest BCUT2D eigenvalue weighted by Gasteiger charge is -2.14. The normalized spacial score (nSPS) is 13.1. The molecule has 0 bridgehead atoms. The number of rotatable bonds is 6. The minimum absolute atomic E-state index is 0.184. The number of carbonyl (C=O) groups is 2. The molecular formula is C18H20N2O3S. The van der Waals surface area contributed by atoms with Crippen molar-refractivity contribution in [2.24, 2.45) is 5.73 Å². The fourth-order valence-electron chi connectivity index (χ4n) is 2.17. The van der Waals surface area contributed by atoms with Crippen LogP contribution in [0.15, 0.2) is 48.5 Å². The maximum absolute atomic E-state index is 12.4. The van der Waals surface area contributed by atoms with E-state index in [1.165, 1.54) is 0 Å². The number of aryl methyl sites for hydroxylation is 1. The molecule has 5 nitrogen and oxygen atoms in total. The Morgan fingerprint density at radius 2 is 1.88 bits per heavy atom. The molecule has 0 spiro atoms. The largest absolute Gasteiger partial charge is 0.366 e. The van der Waals surface area contributed by atoms with Gasteiger partial charge in [0.05, 0.1) is 0 Å². The number of primary amides is 1. The average molecular weight is 344 g/mol. The van der Waals surface area contributed by atoms with Crippen molar-refractivity contribution in [1.29, 1.82) is 0 Å². The van der Waals surface area contributed by atoms with E-state index in [9.17, 15) is 13.8 Å². The number of hydrogen-bond acceptors (Lipinski definition) is 3. The van der Waals surface area contributed by atoms with Gasteiger partial charge >= 0.3 is 0 Å². The van der Waals surface area contributed by atoms with E-state index in [-0.39, 0.29) is 11.7 Å². The Balaban J connectivity index is 2.04. The Morgan fingerprint density at radius 3 is 2.54 bits per heavy atom. The number of anilines is 1. The van der Waals surface area contributed by atoms with Crippen LogP contribution in [0.2, 0.25) is 0 Å². The summed E-state index contributed by atoms with van der Waals surface area (Å²) in [6.07, 6.45) is 0. The molecule has 0 saturated carbocycles. The zero-order valence-corrected chi connectivity index (χ0v) is 14.4. The second-order valence-corrected chi connectivity index (χ2v) is 7.29. The first-order valence-corrected chi connectivity index (χ1v) is 8.89.